The second-order valence-electron chi connectivity index (χ2n) is 33.7. The van der Waals surface area contributed by atoms with Crippen LogP contribution in [0.3, 0.4) is 0 Å². The molecule has 12 aromatic carbocycles. The third kappa shape index (κ3) is 26.8. The van der Waals surface area contributed by atoms with Crippen LogP contribution in [0, 0.1) is 78.5 Å². The summed E-state index contributed by atoms with van der Waals surface area (Å²) in [6, 6.07) is 114. The molecule has 3 N–H and O–H groups in total. The molecule has 0 bridgehead atoms. The molecular weight excluding hydrogens is 2180 g/mol. The fraction of sp³-hybridized carbons (Fsp3) is 0.171. The normalized spacial score (nSPS) is 12.1. The van der Waals surface area contributed by atoms with E-state index < -0.39 is 0 Å². The van der Waals surface area contributed by atoms with E-state index in [2.05, 4.69) is 347 Å². The van der Waals surface area contributed by atoms with E-state index >= 15 is 0 Å². The SMILES string of the molecule is CC(=O)C=C(C)O.CC(=O)C=C(C)O.CC(C)C(=O)C=C(O)C(C)C.Cc1[c-]c(-c2ccc3ccc(C)cc3n2)cc(C)c1.Cc1[c-]c(-c2ccc3ccccc3n2)cc(C)c1.Cc1cc2ccccc2[n+]2c1-c1ccccc1C2.Cc1cnc2c(n1)-c1ccc(-c3ccccc3)cc1C(c1[c-]cc(-c3ccccc3)cc1)[N-]2.[Ir].[Ir].[Ir].c1ccc2c(c1)C[n+]1ccc3ccccc3c1-2. The van der Waals surface area contributed by atoms with Crippen molar-refractivity contribution in [2.24, 2.45) is 11.8 Å². The Bertz CT molecular complexity index is 7020. The number of carbonyl (C=O) groups excluding carboxylic acids is 3. The first-order valence-electron chi connectivity index (χ1n) is 43.8. The molecule has 3 aliphatic heterocycles. The number of benzene rings is 12. The fourth-order valence-electron chi connectivity index (χ4n) is 16.0. The van der Waals surface area contributed by atoms with Crippen LogP contribution in [0.2, 0.25) is 0 Å². The summed E-state index contributed by atoms with van der Waals surface area (Å²) in [6.45, 7) is 29.6. The number of nitrogens with zero attached hydrogens (tertiary/aromatic N) is 7. The Morgan fingerprint density at radius 2 is 0.962 bits per heavy atom. The van der Waals surface area contributed by atoms with Gasteiger partial charge in [0.2, 0.25) is 16.9 Å². The Labute approximate surface area is 822 Å². The molecule has 0 aliphatic carbocycles. The van der Waals surface area contributed by atoms with Crippen LogP contribution in [0.15, 0.2) is 345 Å². The second-order valence-corrected chi connectivity index (χ2v) is 33.7. The van der Waals surface area contributed by atoms with Gasteiger partial charge in [-0.1, -0.05) is 267 Å². The minimum atomic E-state index is -0.182. The Morgan fingerprint density at radius 3 is 1.53 bits per heavy atom. The van der Waals surface area contributed by atoms with Crippen LogP contribution in [-0.4, -0.2) is 52.6 Å². The third-order valence-corrected chi connectivity index (χ3v) is 22.0. The fourth-order valence-corrected chi connectivity index (χ4v) is 16.0. The van der Waals surface area contributed by atoms with E-state index in [1.54, 1.807) is 6.20 Å². The first-order chi connectivity index (χ1) is 62.6. The Morgan fingerprint density at radius 1 is 0.444 bits per heavy atom. The van der Waals surface area contributed by atoms with Crippen molar-refractivity contribution in [2.75, 3.05) is 0 Å². The molecule has 0 amide bonds. The van der Waals surface area contributed by atoms with Gasteiger partial charge in [-0.3, -0.25) is 29.3 Å². The van der Waals surface area contributed by atoms with E-state index in [0.717, 1.165) is 91.4 Å². The summed E-state index contributed by atoms with van der Waals surface area (Å²) >= 11 is 0. The molecule has 3 radical (unpaired) electrons. The first-order valence-corrected chi connectivity index (χ1v) is 43.8. The van der Waals surface area contributed by atoms with Crippen LogP contribution >= 0.6 is 0 Å². The van der Waals surface area contributed by atoms with Gasteiger partial charge in [-0.2, -0.15) is 39.0 Å². The number of para-hydroxylation sites is 2. The molecule has 0 spiro atoms. The zero-order valence-corrected chi connectivity index (χ0v) is 84.7. The molecule has 8 heterocycles. The number of hydrogen-bond acceptors (Lipinski definition) is 10. The maximum atomic E-state index is 11.0. The summed E-state index contributed by atoms with van der Waals surface area (Å²) < 4.78 is 4.78. The number of aliphatic hydroxyl groups is 3. The standard InChI is InChI=1S/C30H21N3.C18H16N.2C17H14N.C16H12N.C9H16O2.2C5H8O2.3Ir/c1-20-19-31-30-29(32-20)26-17-16-25(22-10-6-3-7-11-22)18-27(26)28(33-30)24-14-12-23(13-15-24)21-8-4-2-5-9-21;1-12-4-5-15-6-7-17(19-18(15)11-12)16-9-13(2)8-14(3)10-16;1-12-10-13-6-3-5-9-16(13)18-11-14-7-2-4-8-15(14)17(12)18;1-12-9-13(2)11-15(10-12)17-8-7-14-5-3-4-6-16(14)18-17;1-3-7-14-12(5-1)9-10-17-11-13-6-2-4-8-15(13)16(14)17;1-6(2)8(10)5-9(11)7(3)4;2*1-4(6)3-5(2)7;;;/h2-14,16-19,28H,1H3;4-9,11H,1-3H3;2-10H,11H2,1H3;3-10H,1-2H3;1-10H,11H2;5-7,10H,1-4H3;2*3,6H,1-2H3;;;/q-2;-1;+1;-1;+1;;;;;;. The Balaban J connectivity index is 0.000000164. The Hall–Kier alpha value is -13.3. The minimum absolute atomic E-state index is 0. The van der Waals surface area contributed by atoms with E-state index in [0.29, 0.717) is 5.82 Å². The van der Waals surface area contributed by atoms with E-state index in [9.17, 15) is 19.5 Å². The summed E-state index contributed by atoms with van der Waals surface area (Å²) in [7, 11) is 0. The van der Waals surface area contributed by atoms with Gasteiger partial charge in [0.05, 0.1) is 50.5 Å². The predicted molar refractivity (Wildman–Crippen MR) is 531 cm³/mol. The van der Waals surface area contributed by atoms with Crippen LogP contribution in [0.4, 0.5) is 5.82 Å². The molecular formula is C117H109Ir3N7O6-2. The van der Waals surface area contributed by atoms with Crippen LogP contribution < -0.4 is 9.13 Å². The molecule has 20 rings (SSSR count). The average molecular weight is 2290 g/mol. The van der Waals surface area contributed by atoms with Gasteiger partial charge < -0.3 is 25.6 Å². The summed E-state index contributed by atoms with van der Waals surface area (Å²) in [4.78, 5) is 49.9. The van der Waals surface area contributed by atoms with E-state index in [1.807, 2.05) is 65.0 Å². The number of ketones is 3. The molecule has 0 fully saturated rings. The zero-order valence-electron chi connectivity index (χ0n) is 77.5. The molecule has 5 aromatic heterocycles. The van der Waals surface area contributed by atoms with Gasteiger partial charge in [0, 0.05) is 136 Å². The molecule has 677 valence electrons. The van der Waals surface area contributed by atoms with Gasteiger partial charge in [0.25, 0.3) is 0 Å². The van der Waals surface area contributed by atoms with Gasteiger partial charge in [0.1, 0.15) is 0 Å². The molecule has 16 heteroatoms. The third-order valence-electron chi connectivity index (χ3n) is 22.0. The van der Waals surface area contributed by atoms with Crippen molar-refractivity contribution in [1.82, 2.24) is 19.9 Å². The first kappa shape index (κ1) is 102. The van der Waals surface area contributed by atoms with Crippen LogP contribution in [0.1, 0.15) is 123 Å². The van der Waals surface area contributed by atoms with Crippen molar-refractivity contribution in [3.8, 4) is 78.5 Å². The van der Waals surface area contributed by atoms with Gasteiger partial charge in [-0.25, -0.2) is 0 Å². The van der Waals surface area contributed by atoms with Crippen LogP contribution in [-0.2, 0) is 87.8 Å². The van der Waals surface area contributed by atoms with Gasteiger partial charge in [-0.05, 0) is 153 Å². The van der Waals surface area contributed by atoms with Crippen molar-refractivity contribution in [2.45, 2.75) is 123 Å². The molecule has 1 atom stereocenters. The number of aryl methyl sites for hydroxylation is 7. The molecule has 1 unspecified atom stereocenters. The van der Waals surface area contributed by atoms with E-state index in [1.165, 1.54) is 151 Å². The number of carbonyl (C=O) groups is 3. The summed E-state index contributed by atoms with van der Waals surface area (Å²) in [5.74, 6) is 0.722. The summed E-state index contributed by atoms with van der Waals surface area (Å²) in [5.41, 5.74) is 32.9. The number of allylic oxidation sites excluding steroid dienone is 6. The average Bonchev–Trinajstić information content (AvgIpc) is 1.69. The summed E-state index contributed by atoms with van der Waals surface area (Å²) in [5, 5.41) is 37.3. The molecule has 13 nitrogen and oxygen atoms in total. The van der Waals surface area contributed by atoms with Gasteiger partial charge in [-0.15, -0.1) is 75.3 Å². The van der Waals surface area contributed by atoms with E-state index in [4.69, 9.17) is 30.5 Å². The van der Waals surface area contributed by atoms with Crippen LogP contribution in [0.5, 0.6) is 0 Å². The monoisotopic (exact) mass is 2290 g/mol. The van der Waals surface area contributed by atoms with Gasteiger partial charge >= 0.3 is 0 Å². The molecule has 3 aliphatic rings. The quantitative estimate of drug-likeness (QED) is 0.0515. The molecule has 17 aromatic rings. The molecule has 0 saturated carbocycles. The van der Waals surface area contributed by atoms with Crippen molar-refractivity contribution < 1.29 is 99.2 Å². The van der Waals surface area contributed by atoms with Crippen LogP contribution in [0.25, 0.3) is 127 Å². The smallest absolute Gasteiger partial charge is 0.221 e. The number of aliphatic hydroxyl groups excluding tert-OH is 3. The van der Waals surface area contributed by atoms with Crippen molar-refractivity contribution in [1.29, 1.82) is 0 Å². The predicted octanol–water partition coefficient (Wildman–Crippen LogP) is 27.6. The maximum absolute atomic E-state index is 11.0. The number of rotatable bonds is 10. The van der Waals surface area contributed by atoms with Crippen molar-refractivity contribution >= 4 is 66.6 Å². The number of fused-ring (bicyclic) bond motifs is 15. The van der Waals surface area contributed by atoms with Crippen molar-refractivity contribution in [3.05, 3.63) is 430 Å². The molecule has 133 heavy (non-hydrogen) atoms. The second kappa shape index (κ2) is 47.7. The maximum Gasteiger partial charge on any atom is 0.221 e. The van der Waals surface area contributed by atoms with Crippen molar-refractivity contribution in [3.63, 3.8) is 0 Å². The minimum Gasteiger partial charge on any atom is -0.512 e. The largest absolute Gasteiger partial charge is 0.512 e. The summed E-state index contributed by atoms with van der Waals surface area (Å²) in [6.07, 6.45) is 7.62. The topological polar surface area (TPSA) is 185 Å². The Kier molecular flexibility index (Phi) is 36.5. The van der Waals surface area contributed by atoms with E-state index in [-0.39, 0.29) is 113 Å². The van der Waals surface area contributed by atoms with Gasteiger partial charge in [0.15, 0.2) is 36.6 Å². The molecule has 0 saturated heterocycles. The number of hydrogen-bond donors (Lipinski definition) is 3. The number of aromatic nitrogens is 6. The number of pyridine rings is 4. The zero-order chi connectivity index (χ0) is 92.2.